The Balaban J connectivity index is 2.50. The highest BCUT2D eigenvalue weighted by Crippen LogP contribution is 2.41. The molecule has 1 aromatic carbocycles. The summed E-state index contributed by atoms with van der Waals surface area (Å²) in [5, 5.41) is 19.1. The molecule has 1 aliphatic rings. The zero-order valence-electron chi connectivity index (χ0n) is 9.08. The molecule has 0 N–H and O–H groups in total. The largest absolute Gasteiger partial charge is 0.197 e. The van der Waals surface area contributed by atoms with E-state index in [9.17, 15) is 0 Å². The van der Waals surface area contributed by atoms with Gasteiger partial charge in [0.05, 0.1) is 22.2 Å². The summed E-state index contributed by atoms with van der Waals surface area (Å²) in [6.07, 6.45) is 2.67. The third-order valence-electron chi connectivity index (χ3n) is 3.25. The number of benzene rings is 1. The molecule has 0 amide bonds. The van der Waals surface area contributed by atoms with Crippen molar-refractivity contribution in [3.05, 3.63) is 33.3 Å². The number of fused-ring (bicyclic) bond motifs is 1. The maximum absolute atomic E-state index is 9.00. The highest BCUT2D eigenvalue weighted by atomic mass is 35.5. The lowest BCUT2D eigenvalue weighted by Crippen LogP contribution is -2.17. The molecule has 4 heteroatoms. The van der Waals surface area contributed by atoms with E-state index in [-0.39, 0.29) is 5.92 Å². The fourth-order valence-electron chi connectivity index (χ4n) is 2.42. The molecular formula is C13H10Cl2N2. The zero-order chi connectivity index (χ0) is 12.4. The van der Waals surface area contributed by atoms with E-state index in [1.165, 1.54) is 0 Å². The van der Waals surface area contributed by atoms with E-state index in [2.05, 4.69) is 12.1 Å². The van der Waals surface area contributed by atoms with Crippen molar-refractivity contribution >= 4 is 23.2 Å². The molecular weight excluding hydrogens is 255 g/mol. The van der Waals surface area contributed by atoms with E-state index in [0.29, 0.717) is 10.0 Å². The van der Waals surface area contributed by atoms with Crippen molar-refractivity contribution in [1.82, 2.24) is 0 Å². The first kappa shape index (κ1) is 12.2. The van der Waals surface area contributed by atoms with Gasteiger partial charge in [0.25, 0.3) is 0 Å². The van der Waals surface area contributed by atoms with Gasteiger partial charge in [-0.1, -0.05) is 29.3 Å². The third-order valence-corrected chi connectivity index (χ3v) is 4.10. The first-order valence-corrected chi connectivity index (χ1v) is 6.20. The summed E-state index contributed by atoms with van der Waals surface area (Å²) >= 11 is 12.1. The van der Waals surface area contributed by atoms with Gasteiger partial charge in [-0.25, -0.2) is 0 Å². The molecule has 17 heavy (non-hydrogen) atoms. The predicted molar refractivity (Wildman–Crippen MR) is 66.9 cm³/mol. The lowest BCUT2D eigenvalue weighted by atomic mass is 9.76. The van der Waals surface area contributed by atoms with Crippen LogP contribution in [-0.2, 0) is 6.42 Å². The Hall–Kier alpha value is -1.22. The smallest absolute Gasteiger partial charge is 0.140 e. The van der Waals surface area contributed by atoms with Crippen LogP contribution in [0.1, 0.15) is 29.9 Å². The molecule has 0 spiro atoms. The summed E-state index contributed by atoms with van der Waals surface area (Å²) in [5.74, 6) is -0.644. The Morgan fingerprint density at radius 2 is 1.94 bits per heavy atom. The van der Waals surface area contributed by atoms with E-state index in [1.807, 2.05) is 6.07 Å². The summed E-state index contributed by atoms with van der Waals surface area (Å²) < 4.78 is 0. The van der Waals surface area contributed by atoms with Gasteiger partial charge in [-0.05, 0) is 36.5 Å². The van der Waals surface area contributed by atoms with Gasteiger partial charge in [0.2, 0.25) is 0 Å². The molecule has 1 unspecified atom stereocenters. The Morgan fingerprint density at radius 3 is 2.59 bits per heavy atom. The van der Waals surface area contributed by atoms with Crippen molar-refractivity contribution in [3.8, 4) is 12.1 Å². The molecule has 2 nitrogen and oxygen atoms in total. The molecule has 0 saturated carbocycles. The van der Waals surface area contributed by atoms with E-state index in [0.717, 1.165) is 30.4 Å². The van der Waals surface area contributed by atoms with Gasteiger partial charge in [0, 0.05) is 5.92 Å². The van der Waals surface area contributed by atoms with Crippen LogP contribution in [0.4, 0.5) is 0 Å². The summed E-state index contributed by atoms with van der Waals surface area (Å²) in [6, 6.07) is 7.76. The van der Waals surface area contributed by atoms with Crippen LogP contribution in [0.2, 0.25) is 10.0 Å². The number of hydrogen-bond acceptors (Lipinski definition) is 2. The molecule has 86 valence electrons. The number of nitrogens with zero attached hydrogens (tertiary/aromatic N) is 2. The Labute approximate surface area is 110 Å². The minimum atomic E-state index is -0.605. The number of halogens is 2. The van der Waals surface area contributed by atoms with Crippen molar-refractivity contribution in [2.24, 2.45) is 5.92 Å². The third kappa shape index (κ3) is 2.12. The summed E-state index contributed by atoms with van der Waals surface area (Å²) in [4.78, 5) is 0. The first-order chi connectivity index (χ1) is 8.19. The number of rotatable bonds is 1. The zero-order valence-corrected chi connectivity index (χ0v) is 10.6. The average molecular weight is 265 g/mol. The van der Waals surface area contributed by atoms with Crippen molar-refractivity contribution in [1.29, 1.82) is 10.5 Å². The lowest BCUT2D eigenvalue weighted by Gasteiger charge is -2.27. The molecule has 0 aliphatic heterocycles. The molecule has 0 radical (unpaired) electrons. The second kappa shape index (κ2) is 4.96. The van der Waals surface area contributed by atoms with Crippen molar-refractivity contribution < 1.29 is 0 Å². The molecule has 1 aliphatic carbocycles. The molecule has 0 bridgehead atoms. The molecule has 0 aromatic heterocycles. The fourth-order valence-corrected chi connectivity index (χ4v) is 2.86. The Kier molecular flexibility index (Phi) is 3.57. The fraction of sp³-hybridized carbons (Fsp3) is 0.385. The first-order valence-electron chi connectivity index (χ1n) is 5.45. The van der Waals surface area contributed by atoms with Gasteiger partial charge in [-0.3, -0.25) is 0 Å². The average Bonchev–Trinajstić information content (AvgIpc) is 2.36. The van der Waals surface area contributed by atoms with E-state index < -0.39 is 5.92 Å². The minimum absolute atomic E-state index is 0.0384. The molecule has 1 aromatic rings. The monoisotopic (exact) mass is 264 g/mol. The molecule has 0 heterocycles. The summed E-state index contributed by atoms with van der Waals surface area (Å²) in [5.41, 5.74) is 2.02. The quantitative estimate of drug-likeness (QED) is 0.768. The number of nitriles is 2. The van der Waals surface area contributed by atoms with Gasteiger partial charge in [-0.15, -0.1) is 0 Å². The van der Waals surface area contributed by atoms with Crippen molar-refractivity contribution in [2.45, 2.75) is 25.2 Å². The van der Waals surface area contributed by atoms with Crippen LogP contribution in [-0.4, -0.2) is 0 Å². The molecule has 2 rings (SSSR count). The standard InChI is InChI=1S/C13H10Cl2N2/c14-12-5-4-10-9(8(6-16)7-17)2-1-3-11(10)13(12)15/h4-5,8-9H,1-3H2. The van der Waals surface area contributed by atoms with Gasteiger partial charge in [0.15, 0.2) is 0 Å². The van der Waals surface area contributed by atoms with Crippen LogP contribution in [0.3, 0.4) is 0 Å². The molecule has 1 atom stereocenters. The van der Waals surface area contributed by atoms with E-state index >= 15 is 0 Å². The molecule has 0 fully saturated rings. The van der Waals surface area contributed by atoms with Crippen molar-refractivity contribution in [3.63, 3.8) is 0 Å². The minimum Gasteiger partial charge on any atom is -0.197 e. The van der Waals surface area contributed by atoms with Crippen LogP contribution in [0.25, 0.3) is 0 Å². The highest BCUT2D eigenvalue weighted by molar-refractivity contribution is 6.42. The lowest BCUT2D eigenvalue weighted by molar-refractivity contribution is 0.508. The van der Waals surface area contributed by atoms with E-state index in [1.54, 1.807) is 6.07 Å². The van der Waals surface area contributed by atoms with Crippen LogP contribution >= 0.6 is 23.2 Å². The second-order valence-electron chi connectivity index (χ2n) is 4.16. The normalized spacial score (nSPS) is 18.3. The topological polar surface area (TPSA) is 47.6 Å². The Bertz CT molecular complexity index is 511. The maximum atomic E-state index is 9.00. The van der Waals surface area contributed by atoms with Crippen LogP contribution < -0.4 is 0 Å². The summed E-state index contributed by atoms with van der Waals surface area (Å²) in [7, 11) is 0. The highest BCUT2D eigenvalue weighted by Gasteiger charge is 2.29. The van der Waals surface area contributed by atoms with Crippen LogP contribution in [0.5, 0.6) is 0 Å². The van der Waals surface area contributed by atoms with Crippen molar-refractivity contribution in [2.75, 3.05) is 0 Å². The Morgan fingerprint density at radius 1 is 1.24 bits per heavy atom. The van der Waals surface area contributed by atoms with Crippen LogP contribution in [0.15, 0.2) is 12.1 Å². The van der Waals surface area contributed by atoms with Gasteiger partial charge in [0.1, 0.15) is 5.92 Å². The van der Waals surface area contributed by atoms with E-state index in [4.69, 9.17) is 33.7 Å². The SMILES string of the molecule is N#CC(C#N)C1CCCc2c1ccc(Cl)c2Cl. The van der Waals surface area contributed by atoms with Crippen LogP contribution in [0, 0.1) is 28.6 Å². The van der Waals surface area contributed by atoms with Gasteiger partial charge >= 0.3 is 0 Å². The van der Waals surface area contributed by atoms with Gasteiger partial charge < -0.3 is 0 Å². The van der Waals surface area contributed by atoms with Gasteiger partial charge in [-0.2, -0.15) is 10.5 Å². The number of hydrogen-bond donors (Lipinski definition) is 0. The second-order valence-corrected chi connectivity index (χ2v) is 4.95. The maximum Gasteiger partial charge on any atom is 0.140 e. The molecule has 0 saturated heterocycles. The summed E-state index contributed by atoms with van der Waals surface area (Å²) in [6.45, 7) is 0. The predicted octanol–water partition coefficient (Wildman–Crippen LogP) is 4.08.